The molecule has 0 atom stereocenters. The van der Waals surface area contributed by atoms with Crippen LogP contribution in [0.4, 0.5) is 5.82 Å². The summed E-state index contributed by atoms with van der Waals surface area (Å²) < 4.78 is 0. The van der Waals surface area contributed by atoms with E-state index in [1.165, 1.54) is 32.1 Å². The number of nitrogens with zero attached hydrogens (tertiary/aromatic N) is 2. The molecule has 1 aromatic carbocycles. The van der Waals surface area contributed by atoms with Crippen LogP contribution in [-0.2, 0) is 0 Å². The standard InChI is InChI=1S/C15H18ClN3/c1-15(9-5-2-6-10-15)17-14-12-8-4-3-7-11(12)13(16)18-19-14/h3-4,7-8H,2,5-6,9-10H2,1H3,(H,17,19). The molecule has 0 amide bonds. The Balaban J connectivity index is 1.99. The van der Waals surface area contributed by atoms with Crippen LogP contribution in [0.2, 0.25) is 5.15 Å². The molecular weight excluding hydrogens is 258 g/mol. The molecule has 1 aromatic heterocycles. The number of halogens is 1. The zero-order valence-corrected chi connectivity index (χ0v) is 11.9. The van der Waals surface area contributed by atoms with Gasteiger partial charge in [-0.1, -0.05) is 55.1 Å². The number of anilines is 1. The molecule has 0 aliphatic heterocycles. The first-order chi connectivity index (χ1) is 9.18. The number of rotatable bonds is 2. The first-order valence-electron chi connectivity index (χ1n) is 6.87. The molecule has 0 saturated heterocycles. The van der Waals surface area contributed by atoms with Gasteiger partial charge in [0.15, 0.2) is 11.0 Å². The highest BCUT2D eigenvalue weighted by Gasteiger charge is 2.27. The largest absolute Gasteiger partial charge is 0.363 e. The van der Waals surface area contributed by atoms with E-state index in [0.717, 1.165) is 16.6 Å². The minimum atomic E-state index is 0.129. The van der Waals surface area contributed by atoms with Crippen molar-refractivity contribution in [2.24, 2.45) is 0 Å². The average Bonchev–Trinajstić information content (AvgIpc) is 2.43. The number of fused-ring (bicyclic) bond motifs is 1. The van der Waals surface area contributed by atoms with E-state index in [9.17, 15) is 0 Å². The van der Waals surface area contributed by atoms with E-state index in [2.05, 4.69) is 22.4 Å². The number of nitrogens with one attached hydrogen (secondary N) is 1. The summed E-state index contributed by atoms with van der Waals surface area (Å²) in [5, 5.41) is 14.4. The van der Waals surface area contributed by atoms with Crippen molar-refractivity contribution in [2.45, 2.75) is 44.6 Å². The third-order valence-electron chi connectivity index (χ3n) is 4.02. The lowest BCUT2D eigenvalue weighted by molar-refractivity contribution is 0.348. The van der Waals surface area contributed by atoms with Gasteiger partial charge in [-0.15, -0.1) is 10.2 Å². The molecule has 1 fully saturated rings. The molecule has 1 heterocycles. The molecule has 3 nitrogen and oxygen atoms in total. The zero-order valence-electron chi connectivity index (χ0n) is 11.1. The lowest BCUT2D eigenvalue weighted by Gasteiger charge is -2.35. The average molecular weight is 276 g/mol. The van der Waals surface area contributed by atoms with Crippen molar-refractivity contribution in [3.8, 4) is 0 Å². The van der Waals surface area contributed by atoms with E-state index in [4.69, 9.17) is 11.6 Å². The molecule has 0 bridgehead atoms. The van der Waals surface area contributed by atoms with Gasteiger partial charge in [0.05, 0.1) is 0 Å². The van der Waals surface area contributed by atoms with Crippen molar-refractivity contribution in [3.05, 3.63) is 29.4 Å². The van der Waals surface area contributed by atoms with Crippen molar-refractivity contribution in [1.82, 2.24) is 10.2 Å². The van der Waals surface area contributed by atoms with Gasteiger partial charge < -0.3 is 5.32 Å². The van der Waals surface area contributed by atoms with E-state index in [0.29, 0.717) is 5.15 Å². The topological polar surface area (TPSA) is 37.8 Å². The first-order valence-corrected chi connectivity index (χ1v) is 7.25. The van der Waals surface area contributed by atoms with Gasteiger partial charge >= 0.3 is 0 Å². The van der Waals surface area contributed by atoms with E-state index in [1.54, 1.807) is 0 Å². The maximum absolute atomic E-state index is 6.11. The number of hydrogen-bond acceptors (Lipinski definition) is 3. The highest BCUT2D eigenvalue weighted by Crippen LogP contribution is 2.33. The van der Waals surface area contributed by atoms with Crippen LogP contribution in [0.25, 0.3) is 10.8 Å². The third kappa shape index (κ3) is 2.52. The molecule has 0 spiro atoms. The number of benzene rings is 1. The van der Waals surface area contributed by atoms with Crippen LogP contribution in [-0.4, -0.2) is 15.7 Å². The van der Waals surface area contributed by atoms with E-state index in [-0.39, 0.29) is 5.54 Å². The molecule has 3 rings (SSSR count). The smallest absolute Gasteiger partial charge is 0.159 e. The number of hydrogen-bond donors (Lipinski definition) is 1. The van der Waals surface area contributed by atoms with Crippen molar-refractivity contribution in [3.63, 3.8) is 0 Å². The summed E-state index contributed by atoms with van der Waals surface area (Å²) in [6.07, 6.45) is 6.27. The van der Waals surface area contributed by atoms with E-state index in [1.807, 2.05) is 24.3 Å². The minimum Gasteiger partial charge on any atom is -0.363 e. The Bertz CT molecular complexity index is 591. The Morgan fingerprint density at radius 3 is 2.47 bits per heavy atom. The Morgan fingerprint density at radius 1 is 1.05 bits per heavy atom. The summed E-state index contributed by atoms with van der Waals surface area (Å²) in [5.74, 6) is 0.851. The molecule has 0 unspecified atom stereocenters. The Hall–Kier alpha value is -1.35. The van der Waals surface area contributed by atoms with Crippen LogP contribution < -0.4 is 5.32 Å². The Labute approximate surface area is 118 Å². The van der Waals surface area contributed by atoms with Gasteiger partial charge in [-0.2, -0.15) is 0 Å². The van der Waals surface area contributed by atoms with Gasteiger partial charge in [0, 0.05) is 16.3 Å². The Morgan fingerprint density at radius 2 is 1.74 bits per heavy atom. The lowest BCUT2D eigenvalue weighted by atomic mass is 9.83. The fourth-order valence-electron chi connectivity index (χ4n) is 2.91. The first kappa shape index (κ1) is 12.7. The molecular formula is C15H18ClN3. The number of aromatic nitrogens is 2. The van der Waals surface area contributed by atoms with E-state index >= 15 is 0 Å². The maximum Gasteiger partial charge on any atom is 0.159 e. The SMILES string of the molecule is CC1(Nc2nnc(Cl)c3ccccc23)CCCCC1. The highest BCUT2D eigenvalue weighted by molar-refractivity contribution is 6.34. The Kier molecular flexibility index (Phi) is 3.31. The fourth-order valence-corrected chi connectivity index (χ4v) is 3.11. The molecule has 1 saturated carbocycles. The van der Waals surface area contributed by atoms with Gasteiger partial charge in [-0.05, 0) is 19.8 Å². The second-order valence-corrected chi connectivity index (χ2v) is 5.99. The molecule has 4 heteroatoms. The van der Waals surface area contributed by atoms with E-state index < -0.39 is 0 Å². The molecule has 19 heavy (non-hydrogen) atoms. The van der Waals surface area contributed by atoms with Crippen LogP contribution in [0.3, 0.4) is 0 Å². The van der Waals surface area contributed by atoms with Gasteiger partial charge in [0.1, 0.15) is 0 Å². The van der Waals surface area contributed by atoms with Crippen molar-refractivity contribution in [1.29, 1.82) is 0 Å². The van der Waals surface area contributed by atoms with Crippen LogP contribution in [0.5, 0.6) is 0 Å². The highest BCUT2D eigenvalue weighted by atomic mass is 35.5. The van der Waals surface area contributed by atoms with Gasteiger partial charge in [0.25, 0.3) is 0 Å². The predicted octanol–water partition coefficient (Wildman–Crippen LogP) is 4.42. The summed E-state index contributed by atoms with van der Waals surface area (Å²) in [5.41, 5.74) is 0.129. The molecule has 1 aliphatic carbocycles. The second kappa shape index (κ2) is 4.97. The normalized spacial score (nSPS) is 18.4. The zero-order chi connectivity index (χ0) is 13.3. The quantitative estimate of drug-likeness (QED) is 0.882. The molecule has 100 valence electrons. The predicted molar refractivity (Wildman–Crippen MR) is 79.7 cm³/mol. The minimum absolute atomic E-state index is 0.129. The summed E-state index contributed by atoms with van der Waals surface area (Å²) in [4.78, 5) is 0. The maximum atomic E-state index is 6.11. The van der Waals surface area contributed by atoms with Crippen molar-refractivity contribution >= 4 is 28.2 Å². The summed E-state index contributed by atoms with van der Waals surface area (Å²) in [6, 6.07) is 8.02. The summed E-state index contributed by atoms with van der Waals surface area (Å²) in [6.45, 7) is 2.28. The lowest BCUT2D eigenvalue weighted by Crippen LogP contribution is -2.37. The van der Waals surface area contributed by atoms with Crippen molar-refractivity contribution in [2.75, 3.05) is 5.32 Å². The van der Waals surface area contributed by atoms with Crippen molar-refractivity contribution < 1.29 is 0 Å². The molecule has 0 radical (unpaired) electrons. The summed E-state index contributed by atoms with van der Waals surface area (Å²) in [7, 11) is 0. The van der Waals surface area contributed by atoms with Gasteiger partial charge in [-0.3, -0.25) is 0 Å². The van der Waals surface area contributed by atoms with Crippen LogP contribution in [0.1, 0.15) is 39.0 Å². The molecule has 2 aromatic rings. The van der Waals surface area contributed by atoms with Crippen LogP contribution in [0, 0.1) is 0 Å². The monoisotopic (exact) mass is 275 g/mol. The third-order valence-corrected chi connectivity index (χ3v) is 4.30. The van der Waals surface area contributed by atoms with Crippen LogP contribution >= 0.6 is 11.6 Å². The molecule has 1 N–H and O–H groups in total. The van der Waals surface area contributed by atoms with Gasteiger partial charge in [0.2, 0.25) is 0 Å². The molecule has 1 aliphatic rings. The summed E-state index contributed by atoms with van der Waals surface area (Å²) >= 11 is 6.11. The van der Waals surface area contributed by atoms with Gasteiger partial charge in [-0.25, -0.2) is 0 Å². The second-order valence-electron chi connectivity index (χ2n) is 5.63. The van der Waals surface area contributed by atoms with Crippen LogP contribution in [0.15, 0.2) is 24.3 Å². The fraction of sp³-hybridized carbons (Fsp3) is 0.467.